The van der Waals surface area contributed by atoms with Crippen LogP contribution in [-0.2, 0) is 6.42 Å². The van der Waals surface area contributed by atoms with Crippen LogP contribution in [0.3, 0.4) is 0 Å². The standard InChI is InChI=1S/C12H11ClFN/c13-7-2-1-3-11-5-4-10(6-8-15)9-12(11)14/h1,3-5,9H,2,6-7H2. The van der Waals surface area contributed by atoms with Crippen LogP contribution < -0.4 is 0 Å². The van der Waals surface area contributed by atoms with Crippen molar-refractivity contribution < 1.29 is 4.39 Å². The molecule has 0 amide bonds. The lowest BCUT2D eigenvalue weighted by Crippen LogP contribution is -1.87. The molecule has 0 saturated heterocycles. The van der Waals surface area contributed by atoms with Gasteiger partial charge in [0.2, 0.25) is 0 Å². The lowest BCUT2D eigenvalue weighted by molar-refractivity contribution is 0.623. The van der Waals surface area contributed by atoms with Gasteiger partial charge < -0.3 is 0 Å². The molecule has 3 heteroatoms. The van der Waals surface area contributed by atoms with Crippen molar-refractivity contribution in [3.05, 3.63) is 41.2 Å². The summed E-state index contributed by atoms with van der Waals surface area (Å²) in [6.07, 6.45) is 4.49. The monoisotopic (exact) mass is 223 g/mol. The third kappa shape index (κ3) is 3.73. The number of alkyl halides is 1. The molecule has 0 fully saturated rings. The van der Waals surface area contributed by atoms with Gasteiger partial charge >= 0.3 is 0 Å². The molecule has 1 rings (SSSR count). The summed E-state index contributed by atoms with van der Waals surface area (Å²) in [6.45, 7) is 0. The van der Waals surface area contributed by atoms with Crippen molar-refractivity contribution in [2.45, 2.75) is 12.8 Å². The second-order valence-electron chi connectivity index (χ2n) is 3.07. The van der Waals surface area contributed by atoms with E-state index in [1.54, 1.807) is 18.2 Å². The summed E-state index contributed by atoms with van der Waals surface area (Å²) in [5, 5.41) is 8.45. The molecule has 0 aromatic heterocycles. The van der Waals surface area contributed by atoms with Gasteiger partial charge in [-0.3, -0.25) is 0 Å². The maximum Gasteiger partial charge on any atom is 0.130 e. The molecule has 0 aliphatic rings. The Morgan fingerprint density at radius 3 is 2.87 bits per heavy atom. The predicted octanol–water partition coefficient (Wildman–Crippen LogP) is 3.53. The molecule has 15 heavy (non-hydrogen) atoms. The van der Waals surface area contributed by atoms with Crippen molar-refractivity contribution in [2.24, 2.45) is 0 Å². The molecule has 0 N–H and O–H groups in total. The Morgan fingerprint density at radius 2 is 2.27 bits per heavy atom. The Balaban J connectivity index is 2.79. The molecule has 0 radical (unpaired) electrons. The first-order chi connectivity index (χ1) is 7.27. The molecule has 1 aromatic rings. The SMILES string of the molecule is N#CCc1ccc(C=CCCCl)c(F)c1. The summed E-state index contributed by atoms with van der Waals surface area (Å²) >= 11 is 5.49. The molecule has 0 unspecified atom stereocenters. The van der Waals surface area contributed by atoms with Gasteiger partial charge in [0.25, 0.3) is 0 Å². The third-order valence-corrected chi connectivity index (χ3v) is 2.14. The first-order valence-electron chi connectivity index (χ1n) is 4.66. The quantitative estimate of drug-likeness (QED) is 0.717. The van der Waals surface area contributed by atoms with Crippen LogP contribution >= 0.6 is 11.6 Å². The number of nitriles is 1. The van der Waals surface area contributed by atoms with Gasteiger partial charge in [-0.15, -0.1) is 11.6 Å². The third-order valence-electron chi connectivity index (χ3n) is 1.92. The average Bonchev–Trinajstić information content (AvgIpc) is 2.22. The molecule has 0 aliphatic carbocycles. The molecule has 0 saturated carbocycles. The van der Waals surface area contributed by atoms with Crippen LogP contribution in [-0.4, -0.2) is 5.88 Å². The van der Waals surface area contributed by atoms with Gasteiger partial charge in [0, 0.05) is 11.4 Å². The summed E-state index contributed by atoms with van der Waals surface area (Å²) in [5.74, 6) is 0.235. The van der Waals surface area contributed by atoms with Crippen LogP contribution in [0.5, 0.6) is 0 Å². The number of benzene rings is 1. The van der Waals surface area contributed by atoms with Crippen molar-refractivity contribution in [1.29, 1.82) is 5.26 Å². The molecule has 0 aliphatic heterocycles. The van der Waals surface area contributed by atoms with E-state index in [1.165, 1.54) is 6.07 Å². The minimum atomic E-state index is -0.298. The fourth-order valence-corrected chi connectivity index (χ4v) is 1.31. The minimum absolute atomic E-state index is 0.239. The Labute approximate surface area is 93.8 Å². The maximum absolute atomic E-state index is 13.4. The summed E-state index contributed by atoms with van der Waals surface area (Å²) in [5.41, 5.74) is 1.23. The Hall–Kier alpha value is -1.33. The van der Waals surface area contributed by atoms with Crippen LogP contribution in [0.1, 0.15) is 17.5 Å². The summed E-state index contributed by atoms with van der Waals surface area (Å²) in [7, 11) is 0. The van der Waals surface area contributed by atoms with Crippen LogP contribution in [0.15, 0.2) is 24.3 Å². The van der Waals surface area contributed by atoms with Gasteiger partial charge in [-0.1, -0.05) is 24.3 Å². The van der Waals surface area contributed by atoms with E-state index >= 15 is 0 Å². The normalized spacial score (nSPS) is 10.5. The number of allylic oxidation sites excluding steroid dienone is 1. The van der Waals surface area contributed by atoms with Gasteiger partial charge in [-0.05, 0) is 18.1 Å². The van der Waals surface area contributed by atoms with Crippen LogP contribution in [0.25, 0.3) is 6.08 Å². The Bertz CT molecular complexity index is 393. The van der Waals surface area contributed by atoms with Gasteiger partial charge in [0.05, 0.1) is 12.5 Å². The number of nitrogens with zero attached hydrogens (tertiary/aromatic N) is 1. The molecule has 1 nitrogen and oxygen atoms in total. The van der Waals surface area contributed by atoms with Crippen molar-refractivity contribution in [1.82, 2.24) is 0 Å². The second kappa shape index (κ2) is 6.21. The summed E-state index contributed by atoms with van der Waals surface area (Å²) in [4.78, 5) is 0. The zero-order valence-corrected chi connectivity index (χ0v) is 8.97. The van der Waals surface area contributed by atoms with Crippen molar-refractivity contribution >= 4 is 17.7 Å². The van der Waals surface area contributed by atoms with Gasteiger partial charge in [-0.25, -0.2) is 4.39 Å². The van der Waals surface area contributed by atoms with Crippen LogP contribution in [0, 0.1) is 17.1 Å². The number of hydrogen-bond acceptors (Lipinski definition) is 1. The highest BCUT2D eigenvalue weighted by Crippen LogP contribution is 2.12. The zero-order valence-electron chi connectivity index (χ0n) is 8.21. The predicted molar refractivity (Wildman–Crippen MR) is 60.1 cm³/mol. The first kappa shape index (κ1) is 11.7. The fourth-order valence-electron chi connectivity index (χ4n) is 1.18. The van der Waals surface area contributed by atoms with E-state index in [0.29, 0.717) is 17.0 Å². The molecule has 0 spiro atoms. The highest BCUT2D eigenvalue weighted by Gasteiger charge is 2.00. The van der Waals surface area contributed by atoms with E-state index in [1.807, 2.05) is 12.1 Å². The highest BCUT2D eigenvalue weighted by molar-refractivity contribution is 6.17. The molecule has 78 valence electrons. The van der Waals surface area contributed by atoms with E-state index in [9.17, 15) is 4.39 Å². The van der Waals surface area contributed by atoms with Crippen molar-refractivity contribution in [3.63, 3.8) is 0 Å². The molecular weight excluding hydrogens is 213 g/mol. The second-order valence-corrected chi connectivity index (χ2v) is 3.45. The van der Waals surface area contributed by atoms with Gasteiger partial charge in [-0.2, -0.15) is 5.26 Å². The lowest BCUT2D eigenvalue weighted by atomic mass is 10.1. The lowest BCUT2D eigenvalue weighted by Gasteiger charge is -1.99. The molecule has 1 aromatic carbocycles. The van der Waals surface area contributed by atoms with E-state index in [0.717, 1.165) is 6.42 Å². The van der Waals surface area contributed by atoms with E-state index < -0.39 is 0 Å². The fraction of sp³-hybridized carbons (Fsp3) is 0.250. The molecule has 0 heterocycles. The van der Waals surface area contributed by atoms with Gasteiger partial charge in [0.15, 0.2) is 0 Å². The van der Waals surface area contributed by atoms with Gasteiger partial charge in [0.1, 0.15) is 5.82 Å². The topological polar surface area (TPSA) is 23.8 Å². The molecule has 0 atom stereocenters. The smallest absolute Gasteiger partial charge is 0.130 e. The van der Waals surface area contributed by atoms with Crippen molar-refractivity contribution in [3.8, 4) is 6.07 Å². The molecular formula is C12H11ClFN. The van der Waals surface area contributed by atoms with E-state index in [4.69, 9.17) is 16.9 Å². The van der Waals surface area contributed by atoms with E-state index in [2.05, 4.69) is 0 Å². The summed E-state index contributed by atoms with van der Waals surface area (Å²) < 4.78 is 13.4. The highest BCUT2D eigenvalue weighted by atomic mass is 35.5. The number of rotatable bonds is 4. The van der Waals surface area contributed by atoms with Crippen LogP contribution in [0.4, 0.5) is 4.39 Å². The zero-order chi connectivity index (χ0) is 11.1. The number of halogens is 2. The summed E-state index contributed by atoms with van der Waals surface area (Å²) in [6, 6.07) is 6.80. The average molecular weight is 224 g/mol. The maximum atomic E-state index is 13.4. The van der Waals surface area contributed by atoms with Crippen LogP contribution in [0.2, 0.25) is 0 Å². The molecule has 0 bridgehead atoms. The largest absolute Gasteiger partial charge is 0.206 e. The van der Waals surface area contributed by atoms with Crippen molar-refractivity contribution in [2.75, 3.05) is 5.88 Å². The Morgan fingerprint density at radius 1 is 1.47 bits per heavy atom. The van der Waals surface area contributed by atoms with E-state index in [-0.39, 0.29) is 12.2 Å². The minimum Gasteiger partial charge on any atom is -0.206 e. The Kier molecular flexibility index (Phi) is 4.86. The number of hydrogen-bond donors (Lipinski definition) is 0. The first-order valence-corrected chi connectivity index (χ1v) is 5.19.